The van der Waals surface area contributed by atoms with Crippen LogP contribution in [0.25, 0.3) is 0 Å². The van der Waals surface area contributed by atoms with E-state index in [1.54, 1.807) is 10.7 Å². The minimum Gasteiger partial charge on any atom is -0.307 e. The maximum Gasteiger partial charge on any atom is 0.256 e. The number of anilines is 1. The molecule has 4 nitrogen and oxygen atoms in total. The van der Waals surface area contributed by atoms with E-state index in [9.17, 15) is 13.6 Å². The molecule has 0 aliphatic heterocycles. The van der Waals surface area contributed by atoms with Crippen LogP contribution in [0.5, 0.6) is 0 Å². The second kappa shape index (κ2) is 6.62. The molecule has 0 unspecified atom stereocenters. The SMILES string of the molecule is Cc1cc(NC(=O)c2ccc(F)c(F)c2)n(Cc2ccccc2)n1. The maximum absolute atomic E-state index is 13.3. The van der Waals surface area contributed by atoms with Gasteiger partial charge in [0.2, 0.25) is 0 Å². The van der Waals surface area contributed by atoms with Crippen molar-refractivity contribution in [1.82, 2.24) is 9.78 Å². The van der Waals surface area contributed by atoms with E-state index in [1.165, 1.54) is 6.07 Å². The Balaban J connectivity index is 1.82. The van der Waals surface area contributed by atoms with Crippen molar-refractivity contribution in [3.05, 3.63) is 83.1 Å². The number of nitrogens with one attached hydrogen (secondary N) is 1. The monoisotopic (exact) mass is 327 g/mol. The van der Waals surface area contributed by atoms with Gasteiger partial charge in [0.1, 0.15) is 5.82 Å². The highest BCUT2D eigenvalue weighted by Gasteiger charge is 2.13. The Bertz CT molecular complexity index is 875. The first-order chi connectivity index (χ1) is 11.5. The minimum absolute atomic E-state index is 0.0408. The number of hydrogen-bond acceptors (Lipinski definition) is 2. The Labute approximate surface area is 137 Å². The predicted molar refractivity (Wildman–Crippen MR) is 86.8 cm³/mol. The normalized spacial score (nSPS) is 10.6. The lowest BCUT2D eigenvalue weighted by molar-refractivity contribution is 0.102. The number of halogens is 2. The van der Waals surface area contributed by atoms with E-state index in [0.29, 0.717) is 12.4 Å². The predicted octanol–water partition coefficient (Wildman–Crippen LogP) is 3.77. The van der Waals surface area contributed by atoms with Crippen LogP contribution in [0.15, 0.2) is 54.6 Å². The number of aryl methyl sites for hydroxylation is 1. The van der Waals surface area contributed by atoms with E-state index in [1.807, 2.05) is 37.3 Å². The van der Waals surface area contributed by atoms with E-state index >= 15 is 0 Å². The fourth-order valence-electron chi connectivity index (χ4n) is 2.35. The number of aromatic nitrogens is 2. The van der Waals surface area contributed by atoms with Crippen molar-refractivity contribution < 1.29 is 13.6 Å². The van der Waals surface area contributed by atoms with Crippen molar-refractivity contribution in [2.45, 2.75) is 13.5 Å². The van der Waals surface area contributed by atoms with Gasteiger partial charge in [-0.15, -0.1) is 0 Å². The van der Waals surface area contributed by atoms with Crippen molar-refractivity contribution in [3.8, 4) is 0 Å². The molecule has 122 valence electrons. The van der Waals surface area contributed by atoms with Crippen LogP contribution in [-0.2, 0) is 6.54 Å². The number of rotatable bonds is 4. The zero-order valence-corrected chi connectivity index (χ0v) is 13.0. The lowest BCUT2D eigenvalue weighted by Gasteiger charge is -2.09. The highest BCUT2D eigenvalue weighted by Crippen LogP contribution is 2.15. The van der Waals surface area contributed by atoms with Gasteiger partial charge in [0.25, 0.3) is 5.91 Å². The largest absolute Gasteiger partial charge is 0.307 e. The Morgan fingerprint density at radius 1 is 1.08 bits per heavy atom. The van der Waals surface area contributed by atoms with Crippen LogP contribution in [0, 0.1) is 18.6 Å². The van der Waals surface area contributed by atoms with E-state index in [2.05, 4.69) is 10.4 Å². The molecule has 0 aliphatic rings. The smallest absolute Gasteiger partial charge is 0.256 e. The van der Waals surface area contributed by atoms with Crippen molar-refractivity contribution in [3.63, 3.8) is 0 Å². The third-order valence-corrected chi connectivity index (χ3v) is 3.50. The summed E-state index contributed by atoms with van der Waals surface area (Å²) in [5, 5.41) is 7.04. The van der Waals surface area contributed by atoms with Gasteiger partial charge in [-0.2, -0.15) is 5.10 Å². The lowest BCUT2D eigenvalue weighted by Crippen LogP contribution is -2.16. The quantitative estimate of drug-likeness (QED) is 0.793. The van der Waals surface area contributed by atoms with Crippen LogP contribution in [-0.4, -0.2) is 15.7 Å². The summed E-state index contributed by atoms with van der Waals surface area (Å²) in [5.74, 6) is -2.08. The Kier molecular flexibility index (Phi) is 4.37. The molecule has 0 atom stereocenters. The van der Waals surface area contributed by atoms with Crippen LogP contribution in [0.3, 0.4) is 0 Å². The lowest BCUT2D eigenvalue weighted by atomic mass is 10.2. The molecule has 0 fully saturated rings. The molecule has 6 heteroatoms. The number of carbonyl (C=O) groups is 1. The highest BCUT2D eigenvalue weighted by atomic mass is 19.2. The summed E-state index contributed by atoms with van der Waals surface area (Å²) in [6.45, 7) is 2.30. The molecule has 24 heavy (non-hydrogen) atoms. The Morgan fingerprint density at radius 3 is 2.54 bits per heavy atom. The fraction of sp³-hybridized carbons (Fsp3) is 0.111. The van der Waals surface area contributed by atoms with E-state index < -0.39 is 17.5 Å². The van der Waals surface area contributed by atoms with Gasteiger partial charge in [0.15, 0.2) is 11.6 Å². The maximum atomic E-state index is 13.3. The van der Waals surface area contributed by atoms with Crippen LogP contribution in [0.4, 0.5) is 14.6 Å². The van der Waals surface area contributed by atoms with Crippen molar-refractivity contribution in [2.24, 2.45) is 0 Å². The van der Waals surface area contributed by atoms with Crippen LogP contribution in [0.2, 0.25) is 0 Å². The second-order valence-electron chi connectivity index (χ2n) is 5.40. The first-order valence-electron chi connectivity index (χ1n) is 7.38. The van der Waals surface area contributed by atoms with E-state index in [4.69, 9.17) is 0 Å². The molecular weight excluding hydrogens is 312 g/mol. The number of benzene rings is 2. The van der Waals surface area contributed by atoms with Gasteiger partial charge in [0.05, 0.1) is 12.2 Å². The molecule has 0 saturated heterocycles. The summed E-state index contributed by atoms with van der Waals surface area (Å²) in [4.78, 5) is 12.3. The van der Waals surface area contributed by atoms with E-state index in [-0.39, 0.29) is 5.56 Å². The van der Waals surface area contributed by atoms with Gasteiger partial charge in [-0.05, 0) is 30.7 Å². The zero-order valence-electron chi connectivity index (χ0n) is 13.0. The summed E-state index contributed by atoms with van der Waals surface area (Å²) in [5.41, 5.74) is 1.81. The number of carbonyl (C=O) groups excluding carboxylic acids is 1. The number of amides is 1. The van der Waals surface area contributed by atoms with Crippen LogP contribution in [0.1, 0.15) is 21.6 Å². The molecule has 0 bridgehead atoms. The molecule has 1 heterocycles. The Morgan fingerprint density at radius 2 is 1.83 bits per heavy atom. The summed E-state index contributed by atoms with van der Waals surface area (Å²) in [6.07, 6.45) is 0. The van der Waals surface area contributed by atoms with Gasteiger partial charge >= 0.3 is 0 Å². The van der Waals surface area contributed by atoms with Gasteiger partial charge in [-0.3, -0.25) is 4.79 Å². The first kappa shape index (κ1) is 15.9. The highest BCUT2D eigenvalue weighted by molar-refractivity contribution is 6.03. The molecule has 1 amide bonds. The topological polar surface area (TPSA) is 46.9 Å². The molecule has 0 aliphatic carbocycles. The van der Waals surface area contributed by atoms with Crippen molar-refractivity contribution in [2.75, 3.05) is 5.32 Å². The first-order valence-corrected chi connectivity index (χ1v) is 7.38. The molecule has 1 N–H and O–H groups in total. The summed E-state index contributed by atoms with van der Waals surface area (Å²) >= 11 is 0. The van der Waals surface area contributed by atoms with Gasteiger partial charge < -0.3 is 5.32 Å². The molecule has 3 aromatic rings. The zero-order chi connectivity index (χ0) is 17.1. The molecular formula is C18H15F2N3O. The number of hydrogen-bond donors (Lipinski definition) is 1. The third kappa shape index (κ3) is 3.48. The fourth-order valence-corrected chi connectivity index (χ4v) is 2.35. The summed E-state index contributed by atoms with van der Waals surface area (Å²) in [7, 11) is 0. The molecule has 2 aromatic carbocycles. The van der Waals surface area contributed by atoms with Gasteiger partial charge in [0, 0.05) is 11.6 Å². The Hall–Kier alpha value is -3.02. The molecule has 0 radical (unpaired) electrons. The molecule has 0 spiro atoms. The van der Waals surface area contributed by atoms with E-state index in [0.717, 1.165) is 23.4 Å². The second-order valence-corrected chi connectivity index (χ2v) is 5.40. The minimum atomic E-state index is -1.06. The van der Waals surface area contributed by atoms with Crippen molar-refractivity contribution in [1.29, 1.82) is 0 Å². The average molecular weight is 327 g/mol. The van der Waals surface area contributed by atoms with Crippen LogP contribution < -0.4 is 5.32 Å². The summed E-state index contributed by atoms with van der Waals surface area (Å²) in [6, 6.07) is 14.4. The number of nitrogens with zero attached hydrogens (tertiary/aromatic N) is 2. The summed E-state index contributed by atoms with van der Waals surface area (Å²) < 4.78 is 27.9. The third-order valence-electron chi connectivity index (χ3n) is 3.50. The van der Waals surface area contributed by atoms with Gasteiger partial charge in [-0.1, -0.05) is 30.3 Å². The molecule has 3 rings (SSSR count). The molecule has 0 saturated carbocycles. The van der Waals surface area contributed by atoms with Crippen molar-refractivity contribution >= 4 is 11.7 Å². The van der Waals surface area contributed by atoms with Crippen LogP contribution >= 0.6 is 0 Å². The molecule has 1 aromatic heterocycles. The average Bonchev–Trinajstić information content (AvgIpc) is 2.90. The standard InChI is InChI=1S/C18H15F2N3O/c1-12-9-17(23(22-12)11-13-5-3-2-4-6-13)21-18(24)14-7-8-15(19)16(20)10-14/h2-10H,11H2,1H3,(H,21,24). The van der Waals surface area contributed by atoms with Gasteiger partial charge in [-0.25, -0.2) is 13.5 Å².